The first-order valence-corrected chi connectivity index (χ1v) is 4.88. The van der Waals surface area contributed by atoms with Gasteiger partial charge in [-0.3, -0.25) is 10.1 Å². The van der Waals surface area contributed by atoms with Crippen LogP contribution in [-0.4, -0.2) is 26.1 Å². The van der Waals surface area contributed by atoms with Crippen LogP contribution in [0.3, 0.4) is 0 Å². The second kappa shape index (κ2) is 4.28. The molecule has 1 amide bonds. The van der Waals surface area contributed by atoms with Crippen LogP contribution in [0.4, 0.5) is 10.3 Å². The van der Waals surface area contributed by atoms with Gasteiger partial charge in [-0.15, -0.1) is 5.10 Å². The molecule has 0 aliphatic heterocycles. The van der Waals surface area contributed by atoms with E-state index in [1.165, 1.54) is 23.0 Å². The maximum absolute atomic E-state index is 12.9. The van der Waals surface area contributed by atoms with Gasteiger partial charge in [0.1, 0.15) is 5.82 Å². The molecule has 0 aliphatic carbocycles. The van der Waals surface area contributed by atoms with Gasteiger partial charge in [0.25, 0.3) is 11.9 Å². The first kappa shape index (κ1) is 11.2. The van der Waals surface area contributed by atoms with Gasteiger partial charge in [-0.1, -0.05) is 5.10 Å². The van der Waals surface area contributed by atoms with Crippen LogP contribution in [0.2, 0.25) is 0 Å². The number of benzene rings is 1. The predicted molar refractivity (Wildman–Crippen MR) is 57.9 cm³/mol. The normalized spacial score (nSPS) is 10.3. The van der Waals surface area contributed by atoms with Crippen LogP contribution in [0, 0.1) is 12.7 Å². The average Bonchev–Trinajstić information content (AvgIpc) is 2.63. The summed E-state index contributed by atoms with van der Waals surface area (Å²) in [6.07, 6.45) is 0. The maximum atomic E-state index is 12.9. The molecule has 0 saturated heterocycles. The number of amides is 1. The summed E-state index contributed by atoms with van der Waals surface area (Å²) in [6.45, 7) is 1.65. The molecule has 1 aromatic heterocycles. The summed E-state index contributed by atoms with van der Waals surface area (Å²) < 4.78 is 12.9. The second-order valence-corrected chi connectivity index (χ2v) is 3.52. The van der Waals surface area contributed by atoms with Crippen LogP contribution in [0.15, 0.2) is 18.2 Å². The minimum absolute atomic E-state index is 0.112. The lowest BCUT2D eigenvalue weighted by atomic mass is 10.1. The van der Waals surface area contributed by atoms with Crippen LogP contribution in [-0.2, 0) is 7.05 Å². The molecule has 2 rings (SSSR count). The van der Waals surface area contributed by atoms with E-state index in [4.69, 9.17) is 0 Å². The zero-order chi connectivity index (χ0) is 12.4. The minimum Gasteiger partial charge on any atom is -0.288 e. The molecule has 6 nitrogen and oxygen atoms in total. The van der Waals surface area contributed by atoms with E-state index < -0.39 is 5.91 Å². The van der Waals surface area contributed by atoms with Crippen LogP contribution in [0.5, 0.6) is 0 Å². The molecule has 0 fully saturated rings. The number of aromatic nitrogens is 4. The lowest BCUT2D eigenvalue weighted by molar-refractivity contribution is 0.102. The highest BCUT2D eigenvalue weighted by Gasteiger charge is 2.12. The lowest BCUT2D eigenvalue weighted by Gasteiger charge is -2.04. The Bertz CT molecular complexity index is 566. The number of carbonyl (C=O) groups excluding carboxylic acids is 1. The molecule has 1 N–H and O–H groups in total. The Balaban J connectivity index is 2.20. The zero-order valence-corrected chi connectivity index (χ0v) is 9.31. The van der Waals surface area contributed by atoms with Crippen molar-refractivity contribution in [3.63, 3.8) is 0 Å². The number of aryl methyl sites for hydroxylation is 2. The van der Waals surface area contributed by atoms with E-state index in [-0.39, 0.29) is 11.8 Å². The van der Waals surface area contributed by atoms with Crippen LogP contribution in [0.25, 0.3) is 0 Å². The van der Waals surface area contributed by atoms with Crippen molar-refractivity contribution >= 4 is 11.9 Å². The van der Waals surface area contributed by atoms with Crippen molar-refractivity contribution in [2.24, 2.45) is 7.05 Å². The molecule has 1 heterocycles. The average molecular weight is 235 g/mol. The first-order valence-electron chi connectivity index (χ1n) is 4.88. The molecule has 0 radical (unpaired) electrons. The van der Waals surface area contributed by atoms with Crippen molar-refractivity contribution in [1.29, 1.82) is 0 Å². The largest absolute Gasteiger partial charge is 0.288 e. The standard InChI is InChI=1S/C10H10FN5O/c1-6-5-7(11)3-4-8(6)9(17)12-10-13-15-16(2)14-10/h3-5H,1-2H3,(H,12,14,17). The quantitative estimate of drug-likeness (QED) is 0.839. The predicted octanol–water partition coefficient (Wildman–Crippen LogP) is 0.910. The molecule has 1 aromatic carbocycles. The molecule has 17 heavy (non-hydrogen) atoms. The number of carbonyl (C=O) groups is 1. The Labute approximate surface area is 96.4 Å². The van der Waals surface area contributed by atoms with Crippen LogP contribution in [0.1, 0.15) is 15.9 Å². The van der Waals surface area contributed by atoms with Gasteiger partial charge in [-0.25, -0.2) is 4.39 Å². The summed E-state index contributed by atoms with van der Waals surface area (Å²) in [4.78, 5) is 13.0. The van der Waals surface area contributed by atoms with Gasteiger partial charge in [-0.2, -0.15) is 4.80 Å². The zero-order valence-electron chi connectivity index (χ0n) is 9.31. The van der Waals surface area contributed by atoms with Gasteiger partial charge in [0, 0.05) is 5.56 Å². The smallest absolute Gasteiger partial charge is 0.270 e. The Morgan fingerprint density at radius 3 is 2.82 bits per heavy atom. The van der Waals surface area contributed by atoms with Gasteiger partial charge >= 0.3 is 0 Å². The number of halogens is 1. The van der Waals surface area contributed by atoms with E-state index >= 15 is 0 Å². The number of nitrogens with one attached hydrogen (secondary N) is 1. The highest BCUT2D eigenvalue weighted by molar-refractivity contribution is 6.04. The van der Waals surface area contributed by atoms with E-state index in [0.717, 1.165) is 0 Å². The molecule has 7 heteroatoms. The molecule has 0 saturated carbocycles. The summed E-state index contributed by atoms with van der Waals surface area (Å²) in [7, 11) is 1.59. The Kier molecular flexibility index (Phi) is 2.82. The molecule has 0 unspecified atom stereocenters. The van der Waals surface area contributed by atoms with E-state index in [0.29, 0.717) is 11.1 Å². The van der Waals surface area contributed by atoms with Crippen molar-refractivity contribution in [3.8, 4) is 0 Å². The van der Waals surface area contributed by atoms with Gasteiger partial charge in [0.15, 0.2) is 0 Å². The van der Waals surface area contributed by atoms with Gasteiger partial charge in [0.2, 0.25) is 0 Å². The summed E-state index contributed by atoms with van der Waals surface area (Å²) in [5.74, 6) is -0.659. The fourth-order valence-corrected chi connectivity index (χ4v) is 1.38. The summed E-state index contributed by atoms with van der Waals surface area (Å²) in [5.41, 5.74) is 0.922. The number of rotatable bonds is 2. The van der Waals surface area contributed by atoms with Gasteiger partial charge in [-0.05, 0) is 35.9 Å². The van der Waals surface area contributed by atoms with Crippen LogP contribution >= 0.6 is 0 Å². The summed E-state index contributed by atoms with van der Waals surface area (Å²) in [5, 5.41) is 13.5. The highest BCUT2D eigenvalue weighted by Crippen LogP contribution is 2.11. The molecule has 2 aromatic rings. The van der Waals surface area contributed by atoms with Crippen molar-refractivity contribution < 1.29 is 9.18 Å². The van der Waals surface area contributed by atoms with E-state index in [9.17, 15) is 9.18 Å². The highest BCUT2D eigenvalue weighted by atomic mass is 19.1. The Morgan fingerprint density at radius 1 is 1.47 bits per heavy atom. The van der Waals surface area contributed by atoms with Gasteiger partial charge < -0.3 is 0 Å². The third-order valence-corrected chi connectivity index (χ3v) is 2.17. The number of anilines is 1. The van der Waals surface area contributed by atoms with E-state index in [1.54, 1.807) is 14.0 Å². The molecular formula is C10H10FN5O. The van der Waals surface area contributed by atoms with Crippen molar-refractivity contribution in [1.82, 2.24) is 20.2 Å². The summed E-state index contributed by atoms with van der Waals surface area (Å²) >= 11 is 0. The van der Waals surface area contributed by atoms with Crippen molar-refractivity contribution in [2.75, 3.05) is 5.32 Å². The molecule has 0 aliphatic rings. The fourth-order valence-electron chi connectivity index (χ4n) is 1.38. The molecule has 0 atom stereocenters. The lowest BCUT2D eigenvalue weighted by Crippen LogP contribution is -2.14. The van der Waals surface area contributed by atoms with E-state index in [2.05, 4.69) is 20.7 Å². The minimum atomic E-state index is -0.393. The number of nitrogens with zero attached hydrogens (tertiary/aromatic N) is 4. The van der Waals surface area contributed by atoms with Crippen LogP contribution < -0.4 is 5.32 Å². The topological polar surface area (TPSA) is 72.7 Å². The maximum Gasteiger partial charge on any atom is 0.270 e. The molecule has 88 valence electrons. The Morgan fingerprint density at radius 2 is 2.24 bits per heavy atom. The third kappa shape index (κ3) is 2.44. The first-order chi connectivity index (χ1) is 8.06. The number of hydrogen-bond donors (Lipinski definition) is 1. The number of tetrazole rings is 1. The van der Waals surface area contributed by atoms with Crippen molar-refractivity contribution in [3.05, 3.63) is 35.1 Å². The Hall–Kier alpha value is -2.31. The molecular weight excluding hydrogens is 225 g/mol. The van der Waals surface area contributed by atoms with Gasteiger partial charge in [0.05, 0.1) is 7.05 Å². The SMILES string of the molecule is Cc1cc(F)ccc1C(=O)Nc1nnn(C)n1. The summed E-state index contributed by atoms with van der Waals surface area (Å²) in [6, 6.07) is 3.93. The number of hydrogen-bond acceptors (Lipinski definition) is 4. The monoisotopic (exact) mass is 235 g/mol. The third-order valence-electron chi connectivity index (χ3n) is 2.17. The van der Waals surface area contributed by atoms with E-state index in [1.807, 2.05) is 0 Å². The molecule has 0 spiro atoms. The second-order valence-electron chi connectivity index (χ2n) is 3.52. The van der Waals surface area contributed by atoms with Crippen molar-refractivity contribution in [2.45, 2.75) is 6.92 Å². The molecule has 0 bridgehead atoms. The fraction of sp³-hybridized carbons (Fsp3) is 0.200.